The molecule has 2 heterocycles. The summed E-state index contributed by atoms with van der Waals surface area (Å²) < 4.78 is 12.4. The van der Waals surface area contributed by atoms with E-state index in [4.69, 9.17) is 21.1 Å². The van der Waals surface area contributed by atoms with E-state index in [1.54, 1.807) is 6.08 Å². The van der Waals surface area contributed by atoms with Gasteiger partial charge in [0, 0.05) is 43.3 Å². The maximum Gasteiger partial charge on any atom is 0.155 e. The highest BCUT2D eigenvalue weighted by atomic mass is 35.5. The van der Waals surface area contributed by atoms with Gasteiger partial charge < -0.3 is 14.4 Å². The van der Waals surface area contributed by atoms with E-state index in [0.717, 1.165) is 55.6 Å². The van der Waals surface area contributed by atoms with Crippen molar-refractivity contribution in [1.29, 1.82) is 0 Å². The van der Waals surface area contributed by atoms with Gasteiger partial charge in [-0.1, -0.05) is 50.2 Å². The predicted octanol–water partition coefficient (Wildman–Crippen LogP) is 6.98. The molecule has 0 amide bonds. The Hall–Kier alpha value is -2.04. The molecule has 190 valence electrons. The minimum absolute atomic E-state index is 0.131. The highest BCUT2D eigenvalue weighted by Gasteiger charge is 2.41. The van der Waals surface area contributed by atoms with Crippen molar-refractivity contribution in [2.45, 2.75) is 77.4 Å². The van der Waals surface area contributed by atoms with Crippen molar-refractivity contribution < 1.29 is 14.3 Å². The number of allylic oxidation sites excluding steroid dienone is 3. The van der Waals surface area contributed by atoms with Crippen LogP contribution in [-0.4, -0.2) is 43.1 Å². The van der Waals surface area contributed by atoms with E-state index in [1.165, 1.54) is 12.0 Å². The van der Waals surface area contributed by atoms with Crippen LogP contribution in [-0.2, 0) is 20.7 Å². The van der Waals surface area contributed by atoms with E-state index in [1.807, 2.05) is 31.5 Å². The van der Waals surface area contributed by atoms with E-state index in [2.05, 4.69) is 31.4 Å². The topological polar surface area (TPSA) is 38.8 Å². The molecule has 1 saturated heterocycles. The lowest BCUT2D eigenvalue weighted by Gasteiger charge is -2.33. The van der Waals surface area contributed by atoms with Crippen LogP contribution in [0.3, 0.4) is 0 Å². The monoisotopic (exact) mass is 497 g/mol. The number of benzene rings is 1. The molecule has 3 atom stereocenters. The van der Waals surface area contributed by atoms with Crippen molar-refractivity contribution in [2.24, 2.45) is 11.3 Å². The molecule has 35 heavy (non-hydrogen) atoms. The second-order valence-electron chi connectivity index (χ2n) is 11.1. The van der Waals surface area contributed by atoms with Crippen molar-refractivity contribution in [3.05, 3.63) is 65.0 Å². The Labute approximate surface area is 216 Å². The maximum atomic E-state index is 13.6. The molecule has 1 aromatic rings. The van der Waals surface area contributed by atoms with Crippen LogP contribution in [0.2, 0.25) is 5.02 Å². The molecular formula is C30H40ClNO3. The summed E-state index contributed by atoms with van der Waals surface area (Å²) in [6.45, 7) is 9.77. The van der Waals surface area contributed by atoms with Crippen molar-refractivity contribution in [1.82, 2.24) is 4.90 Å². The predicted molar refractivity (Wildman–Crippen MR) is 143 cm³/mol. The number of carbonyl (C=O) groups is 1. The third-order valence-corrected chi connectivity index (χ3v) is 7.89. The summed E-state index contributed by atoms with van der Waals surface area (Å²) in [5.41, 5.74) is 3.43. The van der Waals surface area contributed by atoms with Gasteiger partial charge in [0.1, 0.15) is 5.76 Å². The molecule has 0 radical (unpaired) electrons. The number of halogens is 1. The molecule has 1 saturated carbocycles. The number of nitrogens with zero attached hydrogens (tertiary/aromatic N) is 1. The van der Waals surface area contributed by atoms with Crippen LogP contribution in [0.15, 0.2) is 48.9 Å². The minimum Gasteiger partial charge on any atom is -0.491 e. The first-order valence-electron chi connectivity index (χ1n) is 13.1. The van der Waals surface area contributed by atoms with E-state index in [0.29, 0.717) is 36.2 Å². The van der Waals surface area contributed by atoms with Gasteiger partial charge in [-0.2, -0.15) is 0 Å². The van der Waals surface area contributed by atoms with Crippen LogP contribution >= 0.6 is 11.6 Å². The SMILES string of the molecule is C=C/C=C1\C(=C/N(C)C(CC2CCCCO2)C(=O)CC2(C)CC2)OCC(C)Cc2ccc(Cl)cc21. The number of fused-ring (bicyclic) bond motifs is 1. The number of Topliss-reactive ketones (excluding diaryl/α,β-unsaturated/α-hetero) is 1. The van der Waals surface area contributed by atoms with Gasteiger partial charge in [-0.3, -0.25) is 4.79 Å². The quantitative estimate of drug-likeness (QED) is 0.388. The zero-order chi connectivity index (χ0) is 25.0. The molecule has 2 fully saturated rings. The molecule has 5 heteroatoms. The van der Waals surface area contributed by atoms with Crippen molar-refractivity contribution in [2.75, 3.05) is 20.3 Å². The molecule has 1 aromatic carbocycles. The first-order valence-corrected chi connectivity index (χ1v) is 13.5. The first-order chi connectivity index (χ1) is 16.8. The van der Waals surface area contributed by atoms with Gasteiger partial charge in [0.15, 0.2) is 5.78 Å². The van der Waals surface area contributed by atoms with E-state index >= 15 is 0 Å². The van der Waals surface area contributed by atoms with Crippen molar-refractivity contribution >= 4 is 23.0 Å². The summed E-state index contributed by atoms with van der Waals surface area (Å²) in [4.78, 5) is 15.6. The fourth-order valence-corrected chi connectivity index (χ4v) is 5.39. The first kappa shape index (κ1) is 26.0. The standard InChI is InChI=1S/C30H40ClNO3/c1-5-8-25-26-16-23(31)11-10-22(26)15-21(2)20-35-29(25)19-32(4)27(17-24-9-6-7-14-34-24)28(33)18-30(3)12-13-30/h5,8,10-11,16,19,21,24,27H,1,6-7,9,12-15,17-18,20H2,2-4H3/b25-8-,29-19+. The zero-order valence-electron chi connectivity index (χ0n) is 21.5. The van der Waals surface area contributed by atoms with Gasteiger partial charge in [-0.25, -0.2) is 0 Å². The van der Waals surface area contributed by atoms with Crippen LogP contribution < -0.4 is 0 Å². The van der Waals surface area contributed by atoms with E-state index < -0.39 is 0 Å². The Kier molecular flexibility index (Phi) is 8.44. The summed E-state index contributed by atoms with van der Waals surface area (Å²) >= 11 is 6.41. The van der Waals surface area contributed by atoms with Gasteiger partial charge in [0.05, 0.1) is 18.8 Å². The molecule has 3 aliphatic rings. The lowest BCUT2D eigenvalue weighted by molar-refractivity contribution is -0.126. The fraction of sp³-hybridized carbons (Fsp3) is 0.567. The fourth-order valence-electron chi connectivity index (χ4n) is 5.22. The molecule has 2 aliphatic heterocycles. The summed E-state index contributed by atoms with van der Waals surface area (Å²) in [5.74, 6) is 1.41. The molecule has 4 rings (SSSR count). The third-order valence-electron chi connectivity index (χ3n) is 7.65. The highest BCUT2D eigenvalue weighted by Crippen LogP contribution is 2.48. The van der Waals surface area contributed by atoms with Gasteiger partial charge in [0.2, 0.25) is 0 Å². The summed E-state index contributed by atoms with van der Waals surface area (Å²) in [6.07, 6.45) is 13.8. The molecule has 1 aliphatic carbocycles. The maximum absolute atomic E-state index is 13.6. The van der Waals surface area contributed by atoms with Crippen LogP contribution in [0.25, 0.3) is 5.57 Å². The van der Waals surface area contributed by atoms with Gasteiger partial charge >= 0.3 is 0 Å². The molecule has 0 aromatic heterocycles. The molecule has 0 N–H and O–H groups in total. The number of carbonyl (C=O) groups excluding carboxylic acids is 1. The molecule has 0 spiro atoms. The smallest absolute Gasteiger partial charge is 0.155 e. The molecule has 3 unspecified atom stereocenters. The van der Waals surface area contributed by atoms with Crippen LogP contribution in [0, 0.1) is 11.3 Å². The van der Waals surface area contributed by atoms with Crippen molar-refractivity contribution in [3.8, 4) is 0 Å². The summed E-state index contributed by atoms with van der Waals surface area (Å²) in [6, 6.07) is 5.83. The van der Waals surface area contributed by atoms with Crippen LogP contribution in [0.1, 0.15) is 69.9 Å². The third kappa shape index (κ3) is 6.80. The Morgan fingerprint density at radius 1 is 1.34 bits per heavy atom. The number of likely N-dealkylation sites (N-methyl/N-ethyl adjacent to an activating group) is 1. The summed E-state index contributed by atoms with van der Waals surface area (Å²) in [7, 11) is 2.00. The lowest BCUT2D eigenvalue weighted by Crippen LogP contribution is -2.40. The molecule has 4 nitrogen and oxygen atoms in total. The zero-order valence-corrected chi connectivity index (χ0v) is 22.3. The number of ether oxygens (including phenoxy) is 2. The van der Waals surface area contributed by atoms with E-state index in [-0.39, 0.29) is 17.6 Å². The molecular weight excluding hydrogens is 458 g/mol. The highest BCUT2D eigenvalue weighted by molar-refractivity contribution is 6.30. The average Bonchev–Trinajstić information content (AvgIpc) is 3.56. The Morgan fingerprint density at radius 2 is 2.14 bits per heavy atom. The van der Waals surface area contributed by atoms with Crippen LogP contribution in [0.4, 0.5) is 0 Å². The second kappa shape index (κ2) is 11.3. The van der Waals surface area contributed by atoms with Gasteiger partial charge in [-0.05, 0) is 73.1 Å². The number of rotatable bonds is 8. The normalized spacial score (nSPS) is 26.7. The van der Waals surface area contributed by atoms with Crippen LogP contribution in [0.5, 0.6) is 0 Å². The molecule has 0 bridgehead atoms. The van der Waals surface area contributed by atoms with Gasteiger partial charge in [0.25, 0.3) is 0 Å². The largest absolute Gasteiger partial charge is 0.491 e. The van der Waals surface area contributed by atoms with E-state index in [9.17, 15) is 4.79 Å². The van der Waals surface area contributed by atoms with Crippen molar-refractivity contribution in [3.63, 3.8) is 0 Å². The Bertz CT molecular complexity index is 987. The number of hydrogen-bond donors (Lipinski definition) is 0. The second-order valence-corrected chi connectivity index (χ2v) is 11.5. The average molecular weight is 498 g/mol. The Balaban J connectivity index is 1.67. The summed E-state index contributed by atoms with van der Waals surface area (Å²) in [5, 5.41) is 0.694. The Morgan fingerprint density at radius 3 is 2.83 bits per heavy atom. The number of ketones is 1. The lowest BCUT2D eigenvalue weighted by atomic mass is 9.90. The minimum atomic E-state index is -0.238. The van der Waals surface area contributed by atoms with Gasteiger partial charge in [-0.15, -0.1) is 0 Å². The number of hydrogen-bond acceptors (Lipinski definition) is 4.